The number of hydrogen-bond donors (Lipinski definition) is 0. The molecule has 0 saturated heterocycles. The van der Waals surface area contributed by atoms with E-state index < -0.39 is 0 Å². The van der Waals surface area contributed by atoms with Gasteiger partial charge in [0.05, 0.1) is 11.4 Å². The second-order valence-corrected chi connectivity index (χ2v) is 6.51. The van der Waals surface area contributed by atoms with E-state index in [0.29, 0.717) is 16.5 Å². The zero-order valence-electron chi connectivity index (χ0n) is 12.6. The molecule has 0 amide bonds. The number of aromatic nitrogens is 2. The molecule has 4 nitrogen and oxygen atoms in total. The quantitative estimate of drug-likeness (QED) is 0.464. The molecule has 4 aromatic rings. The average molecular weight is 369 g/mol. The largest absolute Gasteiger partial charge is 0.422 e. The number of nitrogens with zero attached hydrogens (tertiary/aromatic N) is 2. The highest BCUT2D eigenvalue weighted by Gasteiger charge is 2.17. The Hall–Kier alpha value is -2.40. The molecule has 0 bridgehead atoms. The lowest BCUT2D eigenvalue weighted by atomic mass is 10.1. The second kappa shape index (κ2) is 5.06. The minimum Gasteiger partial charge on any atom is -0.422 e. The first-order valence-electron chi connectivity index (χ1n) is 7.23. The van der Waals surface area contributed by atoms with Crippen LogP contribution in [0.5, 0.6) is 0 Å². The summed E-state index contributed by atoms with van der Waals surface area (Å²) >= 11 is 3.46. The van der Waals surface area contributed by atoms with Crippen LogP contribution in [0.2, 0.25) is 0 Å². The third-order valence-corrected chi connectivity index (χ3v) is 4.46. The molecule has 2 heterocycles. The SMILES string of the molecule is Cc1cccc(-n2nc3c(c2C)c(=O)oc2ccc(Br)cc23)c1. The maximum atomic E-state index is 12.4. The van der Waals surface area contributed by atoms with Gasteiger partial charge in [0, 0.05) is 9.86 Å². The molecule has 0 aliphatic rings. The highest BCUT2D eigenvalue weighted by atomic mass is 79.9. The summed E-state index contributed by atoms with van der Waals surface area (Å²) in [4.78, 5) is 12.4. The smallest absolute Gasteiger partial charge is 0.347 e. The van der Waals surface area contributed by atoms with Gasteiger partial charge in [-0.1, -0.05) is 28.1 Å². The fourth-order valence-electron chi connectivity index (χ4n) is 2.87. The first-order valence-corrected chi connectivity index (χ1v) is 8.02. The van der Waals surface area contributed by atoms with Gasteiger partial charge in [0.1, 0.15) is 16.5 Å². The number of fused-ring (bicyclic) bond motifs is 3. The molecule has 114 valence electrons. The van der Waals surface area contributed by atoms with E-state index in [-0.39, 0.29) is 5.63 Å². The van der Waals surface area contributed by atoms with Crippen LogP contribution in [0.4, 0.5) is 0 Å². The Kier molecular flexibility index (Phi) is 3.13. The topological polar surface area (TPSA) is 48.0 Å². The summed E-state index contributed by atoms with van der Waals surface area (Å²) in [6, 6.07) is 13.6. The second-order valence-electron chi connectivity index (χ2n) is 5.59. The van der Waals surface area contributed by atoms with Crippen molar-refractivity contribution in [1.29, 1.82) is 0 Å². The van der Waals surface area contributed by atoms with Crippen molar-refractivity contribution in [3.8, 4) is 5.69 Å². The number of aryl methyl sites for hydroxylation is 2. The summed E-state index contributed by atoms with van der Waals surface area (Å²) in [6.07, 6.45) is 0. The monoisotopic (exact) mass is 368 g/mol. The average Bonchev–Trinajstić information content (AvgIpc) is 2.87. The minimum atomic E-state index is -0.355. The van der Waals surface area contributed by atoms with Gasteiger partial charge < -0.3 is 4.42 Å². The van der Waals surface area contributed by atoms with Gasteiger partial charge in [0.2, 0.25) is 0 Å². The summed E-state index contributed by atoms with van der Waals surface area (Å²) in [6.45, 7) is 3.92. The molecule has 2 aromatic heterocycles. The van der Waals surface area contributed by atoms with E-state index >= 15 is 0 Å². The summed E-state index contributed by atoms with van der Waals surface area (Å²) in [5.74, 6) is 0. The van der Waals surface area contributed by atoms with Crippen LogP contribution < -0.4 is 5.63 Å². The van der Waals surface area contributed by atoms with Crippen LogP contribution in [0.15, 0.2) is 56.1 Å². The van der Waals surface area contributed by atoms with Crippen molar-refractivity contribution in [2.24, 2.45) is 0 Å². The molecule has 0 radical (unpaired) electrons. The highest BCUT2D eigenvalue weighted by molar-refractivity contribution is 9.10. The maximum absolute atomic E-state index is 12.4. The Morgan fingerprint density at radius 1 is 1.13 bits per heavy atom. The fourth-order valence-corrected chi connectivity index (χ4v) is 3.23. The van der Waals surface area contributed by atoms with E-state index in [2.05, 4.69) is 21.0 Å². The van der Waals surface area contributed by atoms with Crippen LogP contribution in [0, 0.1) is 13.8 Å². The van der Waals surface area contributed by atoms with Crippen molar-refractivity contribution in [1.82, 2.24) is 9.78 Å². The van der Waals surface area contributed by atoms with Crippen LogP contribution in [0.3, 0.4) is 0 Å². The molecule has 0 N–H and O–H groups in total. The van der Waals surface area contributed by atoms with Crippen molar-refractivity contribution in [2.75, 3.05) is 0 Å². The summed E-state index contributed by atoms with van der Waals surface area (Å²) < 4.78 is 8.17. The summed E-state index contributed by atoms with van der Waals surface area (Å²) in [7, 11) is 0. The molecule has 0 aliphatic heterocycles. The Morgan fingerprint density at radius 3 is 2.74 bits per heavy atom. The zero-order chi connectivity index (χ0) is 16.1. The zero-order valence-corrected chi connectivity index (χ0v) is 14.2. The number of rotatable bonds is 1. The molecule has 23 heavy (non-hydrogen) atoms. The van der Waals surface area contributed by atoms with E-state index in [4.69, 9.17) is 4.42 Å². The van der Waals surface area contributed by atoms with E-state index in [1.165, 1.54) is 0 Å². The summed E-state index contributed by atoms with van der Waals surface area (Å²) in [5, 5.41) is 6.04. The lowest BCUT2D eigenvalue weighted by molar-refractivity contribution is 0.569. The van der Waals surface area contributed by atoms with Crippen molar-refractivity contribution in [3.05, 3.63) is 68.6 Å². The van der Waals surface area contributed by atoms with Crippen LogP contribution in [0.25, 0.3) is 27.6 Å². The predicted molar refractivity (Wildman–Crippen MR) is 94.3 cm³/mol. The lowest BCUT2D eigenvalue weighted by Gasteiger charge is -2.04. The highest BCUT2D eigenvalue weighted by Crippen LogP contribution is 2.28. The van der Waals surface area contributed by atoms with Gasteiger partial charge in [-0.2, -0.15) is 5.10 Å². The standard InChI is InChI=1S/C18H13BrN2O2/c1-10-4-3-5-13(8-10)21-11(2)16-17(20-21)14-9-12(19)6-7-15(14)23-18(16)22/h3-9H,1-2H3. The van der Waals surface area contributed by atoms with Gasteiger partial charge in [-0.05, 0) is 49.7 Å². The van der Waals surface area contributed by atoms with Crippen molar-refractivity contribution in [2.45, 2.75) is 13.8 Å². The third kappa shape index (κ3) is 2.19. The Balaban J connectivity index is 2.15. The third-order valence-electron chi connectivity index (χ3n) is 3.97. The molecule has 0 aliphatic carbocycles. The van der Waals surface area contributed by atoms with E-state index in [9.17, 15) is 4.79 Å². The number of halogens is 1. The van der Waals surface area contributed by atoms with Gasteiger partial charge in [-0.3, -0.25) is 0 Å². The van der Waals surface area contributed by atoms with Crippen LogP contribution in [-0.4, -0.2) is 9.78 Å². The van der Waals surface area contributed by atoms with E-state index in [0.717, 1.165) is 26.8 Å². The number of benzene rings is 2. The fraction of sp³-hybridized carbons (Fsp3) is 0.111. The number of hydrogen-bond acceptors (Lipinski definition) is 3. The molecule has 0 saturated carbocycles. The van der Waals surface area contributed by atoms with Gasteiger partial charge in [-0.15, -0.1) is 0 Å². The molecule has 5 heteroatoms. The van der Waals surface area contributed by atoms with Crippen molar-refractivity contribution in [3.63, 3.8) is 0 Å². The molecule has 0 atom stereocenters. The normalized spacial score (nSPS) is 11.4. The van der Waals surface area contributed by atoms with E-state index in [1.807, 2.05) is 50.2 Å². The van der Waals surface area contributed by atoms with Gasteiger partial charge in [0.15, 0.2) is 0 Å². The molecule has 4 rings (SSSR count). The van der Waals surface area contributed by atoms with Crippen LogP contribution in [-0.2, 0) is 0 Å². The molecule has 2 aromatic carbocycles. The van der Waals surface area contributed by atoms with E-state index in [1.54, 1.807) is 10.7 Å². The van der Waals surface area contributed by atoms with Gasteiger partial charge in [-0.25, -0.2) is 9.48 Å². The van der Waals surface area contributed by atoms with Crippen LogP contribution in [0.1, 0.15) is 11.3 Å². The minimum absolute atomic E-state index is 0.355. The molecular weight excluding hydrogens is 356 g/mol. The molecule has 0 unspecified atom stereocenters. The maximum Gasteiger partial charge on any atom is 0.347 e. The molecular formula is C18H13BrN2O2. The molecule has 0 spiro atoms. The predicted octanol–water partition coefficient (Wildman–Crippen LogP) is 4.51. The van der Waals surface area contributed by atoms with Gasteiger partial charge >= 0.3 is 5.63 Å². The Bertz CT molecular complexity index is 1130. The Morgan fingerprint density at radius 2 is 1.96 bits per heavy atom. The first-order chi connectivity index (χ1) is 11.0. The van der Waals surface area contributed by atoms with Crippen molar-refractivity contribution < 1.29 is 4.42 Å². The van der Waals surface area contributed by atoms with Crippen molar-refractivity contribution >= 4 is 37.8 Å². The Labute approximate surface area is 140 Å². The van der Waals surface area contributed by atoms with Crippen LogP contribution >= 0.6 is 15.9 Å². The summed E-state index contributed by atoms with van der Waals surface area (Å²) in [5.41, 5.74) is 3.70. The molecule has 0 fully saturated rings. The lowest BCUT2D eigenvalue weighted by Crippen LogP contribution is -2.01. The van der Waals surface area contributed by atoms with Gasteiger partial charge in [0.25, 0.3) is 0 Å². The first kappa shape index (κ1) is 14.2.